The van der Waals surface area contributed by atoms with Crippen LogP contribution < -0.4 is 19.3 Å². The number of anilines is 2. The van der Waals surface area contributed by atoms with Crippen molar-refractivity contribution in [3.05, 3.63) is 76.6 Å². The standard InChI is InChI=1S/C34H39FN6O3/c1-22(35)33(42)40-18-16-39(17-19-40)31-28-13-15-41(23(2)26-10-4-7-24-9-6-20-43-30(24)26)32(28)37-34(36-31)44-29-11-5-8-25-21-38(3)14-12-27(25)29/h4-5,7-8,10-11,23H,1,6,9,12-21H2,2-3H3. The fourth-order valence-corrected chi connectivity index (χ4v) is 7.04. The summed E-state index contributed by atoms with van der Waals surface area (Å²) in [6.07, 6.45) is 3.75. The summed E-state index contributed by atoms with van der Waals surface area (Å²) < 4.78 is 26.3. The van der Waals surface area contributed by atoms with E-state index in [2.05, 4.69) is 59.5 Å². The largest absolute Gasteiger partial charge is 0.493 e. The first-order chi connectivity index (χ1) is 21.4. The molecule has 1 aromatic heterocycles. The number of carbonyl (C=O) groups excluding carboxylic acids is 1. The van der Waals surface area contributed by atoms with Crippen LogP contribution in [0.4, 0.5) is 16.0 Å². The van der Waals surface area contributed by atoms with E-state index in [1.165, 1.54) is 21.6 Å². The van der Waals surface area contributed by atoms with Gasteiger partial charge in [-0.1, -0.05) is 36.9 Å². The van der Waals surface area contributed by atoms with E-state index in [9.17, 15) is 9.18 Å². The van der Waals surface area contributed by atoms with Gasteiger partial charge in [-0.3, -0.25) is 4.79 Å². The highest BCUT2D eigenvalue weighted by molar-refractivity contribution is 5.90. The molecular formula is C34H39FN6O3. The van der Waals surface area contributed by atoms with Gasteiger partial charge in [0.25, 0.3) is 5.91 Å². The topological polar surface area (TPSA) is 74.3 Å². The molecule has 0 aliphatic carbocycles. The lowest BCUT2D eigenvalue weighted by Crippen LogP contribution is -2.49. The molecule has 7 rings (SSSR count). The van der Waals surface area contributed by atoms with E-state index in [0.717, 1.165) is 86.2 Å². The first-order valence-electron chi connectivity index (χ1n) is 15.7. The summed E-state index contributed by atoms with van der Waals surface area (Å²) in [7, 11) is 2.13. The molecule has 44 heavy (non-hydrogen) atoms. The quantitative estimate of drug-likeness (QED) is 0.374. The summed E-state index contributed by atoms with van der Waals surface area (Å²) in [5.74, 6) is 1.91. The van der Waals surface area contributed by atoms with E-state index in [4.69, 9.17) is 19.4 Å². The summed E-state index contributed by atoms with van der Waals surface area (Å²) in [6, 6.07) is 13.0. The summed E-state index contributed by atoms with van der Waals surface area (Å²) in [5.41, 5.74) is 5.96. The van der Waals surface area contributed by atoms with Crippen molar-refractivity contribution in [2.45, 2.75) is 45.2 Å². The zero-order chi connectivity index (χ0) is 30.4. The number of hydrogen-bond donors (Lipinski definition) is 0. The van der Waals surface area contributed by atoms with E-state index < -0.39 is 11.7 Å². The van der Waals surface area contributed by atoms with Crippen molar-refractivity contribution in [1.29, 1.82) is 0 Å². The summed E-state index contributed by atoms with van der Waals surface area (Å²) in [6.45, 7) is 10.6. The molecule has 0 radical (unpaired) electrons. The Morgan fingerprint density at radius 3 is 2.52 bits per heavy atom. The fraction of sp³-hybridized carbons (Fsp3) is 0.441. The molecule has 4 aliphatic heterocycles. The Labute approximate surface area is 257 Å². The number of piperazine rings is 1. The van der Waals surface area contributed by atoms with Gasteiger partial charge >= 0.3 is 6.01 Å². The number of carbonyl (C=O) groups is 1. The third-order valence-electron chi connectivity index (χ3n) is 9.41. The number of likely N-dealkylation sites (N-methyl/N-ethyl adjacent to an activating group) is 1. The van der Waals surface area contributed by atoms with Gasteiger partial charge in [0.1, 0.15) is 23.1 Å². The van der Waals surface area contributed by atoms with Gasteiger partial charge in [-0.05, 0) is 56.8 Å². The maximum atomic E-state index is 13.6. The molecule has 1 atom stereocenters. The van der Waals surface area contributed by atoms with Gasteiger partial charge in [0, 0.05) is 62.5 Å². The number of amides is 1. The lowest BCUT2D eigenvalue weighted by atomic mass is 9.98. The molecule has 0 spiro atoms. The molecule has 4 aliphatic rings. The number of rotatable bonds is 6. The van der Waals surface area contributed by atoms with Gasteiger partial charge in [0.15, 0.2) is 5.83 Å². The van der Waals surface area contributed by atoms with Crippen molar-refractivity contribution in [2.75, 3.05) is 62.7 Å². The Balaban J connectivity index is 1.25. The molecule has 0 bridgehead atoms. The molecule has 10 heteroatoms. The van der Waals surface area contributed by atoms with E-state index in [1.54, 1.807) is 0 Å². The number of aryl methyl sites for hydroxylation is 1. The monoisotopic (exact) mass is 598 g/mol. The summed E-state index contributed by atoms with van der Waals surface area (Å²) >= 11 is 0. The second-order valence-corrected chi connectivity index (χ2v) is 12.2. The molecule has 230 valence electrons. The molecular weight excluding hydrogens is 559 g/mol. The number of benzene rings is 2. The molecule has 1 unspecified atom stereocenters. The smallest absolute Gasteiger partial charge is 0.325 e. The lowest BCUT2D eigenvalue weighted by molar-refractivity contribution is -0.128. The number of halogens is 1. The van der Waals surface area contributed by atoms with E-state index >= 15 is 0 Å². The van der Waals surface area contributed by atoms with Crippen LogP contribution in [0.1, 0.15) is 47.2 Å². The van der Waals surface area contributed by atoms with Crippen LogP contribution in [-0.4, -0.2) is 78.6 Å². The number of aromatic nitrogens is 2. The van der Waals surface area contributed by atoms with Crippen molar-refractivity contribution >= 4 is 17.5 Å². The van der Waals surface area contributed by atoms with Crippen LogP contribution in [0.3, 0.4) is 0 Å². The summed E-state index contributed by atoms with van der Waals surface area (Å²) in [5, 5.41) is 0. The molecule has 1 amide bonds. The molecule has 0 N–H and O–H groups in total. The lowest BCUT2D eigenvalue weighted by Gasteiger charge is -2.36. The maximum absolute atomic E-state index is 13.6. The van der Waals surface area contributed by atoms with Gasteiger partial charge in [0.05, 0.1) is 12.6 Å². The van der Waals surface area contributed by atoms with Crippen LogP contribution in [0, 0.1) is 0 Å². The Morgan fingerprint density at radius 1 is 0.955 bits per heavy atom. The fourth-order valence-electron chi connectivity index (χ4n) is 7.04. The second-order valence-electron chi connectivity index (χ2n) is 12.2. The normalized spacial score (nSPS) is 18.7. The Hall–Kier alpha value is -4.18. The number of para-hydroxylation sites is 1. The van der Waals surface area contributed by atoms with Crippen molar-refractivity contribution in [2.24, 2.45) is 0 Å². The number of ether oxygens (including phenoxy) is 2. The van der Waals surface area contributed by atoms with Gasteiger partial charge in [-0.25, -0.2) is 4.39 Å². The molecule has 1 fully saturated rings. The van der Waals surface area contributed by atoms with Crippen LogP contribution in [0.25, 0.3) is 0 Å². The van der Waals surface area contributed by atoms with Gasteiger partial charge in [0.2, 0.25) is 0 Å². The third-order valence-corrected chi connectivity index (χ3v) is 9.41. The minimum absolute atomic E-state index is 0.0324. The molecule has 3 aromatic rings. The highest BCUT2D eigenvalue weighted by Gasteiger charge is 2.35. The Kier molecular flexibility index (Phi) is 7.62. The number of fused-ring (bicyclic) bond motifs is 3. The van der Waals surface area contributed by atoms with E-state index in [-0.39, 0.29) is 6.04 Å². The van der Waals surface area contributed by atoms with Gasteiger partial charge in [-0.15, -0.1) is 0 Å². The SMILES string of the molecule is C=C(F)C(=O)N1CCN(c2nc(Oc3cccc4c3CCN(C)C4)nc3c2CCN3C(C)c2cccc3c2OCCC3)CC1. The van der Waals surface area contributed by atoms with Crippen molar-refractivity contribution in [1.82, 2.24) is 19.8 Å². The highest BCUT2D eigenvalue weighted by atomic mass is 19.1. The minimum atomic E-state index is -0.925. The van der Waals surface area contributed by atoms with Crippen LogP contribution >= 0.6 is 0 Å². The van der Waals surface area contributed by atoms with Crippen molar-refractivity contribution < 1.29 is 18.7 Å². The molecule has 1 saturated heterocycles. The van der Waals surface area contributed by atoms with Crippen LogP contribution in [0.5, 0.6) is 17.5 Å². The van der Waals surface area contributed by atoms with E-state index in [0.29, 0.717) is 32.2 Å². The highest BCUT2D eigenvalue weighted by Crippen LogP contribution is 2.43. The first kappa shape index (κ1) is 28.6. The predicted molar refractivity (Wildman–Crippen MR) is 167 cm³/mol. The number of nitrogens with zero attached hydrogens (tertiary/aromatic N) is 6. The number of hydrogen-bond acceptors (Lipinski definition) is 8. The molecule has 5 heterocycles. The summed E-state index contributed by atoms with van der Waals surface area (Å²) in [4.78, 5) is 30.6. The zero-order valence-electron chi connectivity index (χ0n) is 25.5. The Morgan fingerprint density at radius 2 is 1.70 bits per heavy atom. The van der Waals surface area contributed by atoms with E-state index in [1.807, 2.05) is 12.1 Å². The molecule has 9 nitrogen and oxygen atoms in total. The van der Waals surface area contributed by atoms with Crippen molar-refractivity contribution in [3.8, 4) is 17.5 Å². The van der Waals surface area contributed by atoms with Crippen LogP contribution in [-0.2, 0) is 30.6 Å². The van der Waals surface area contributed by atoms with Crippen LogP contribution in [0.2, 0.25) is 0 Å². The molecule has 2 aromatic carbocycles. The maximum Gasteiger partial charge on any atom is 0.325 e. The van der Waals surface area contributed by atoms with Gasteiger partial charge in [-0.2, -0.15) is 9.97 Å². The van der Waals surface area contributed by atoms with Crippen LogP contribution in [0.15, 0.2) is 48.8 Å². The first-order valence-corrected chi connectivity index (χ1v) is 15.7. The van der Waals surface area contributed by atoms with Crippen molar-refractivity contribution in [3.63, 3.8) is 0 Å². The average molecular weight is 599 g/mol. The zero-order valence-corrected chi connectivity index (χ0v) is 25.5. The van der Waals surface area contributed by atoms with Gasteiger partial charge < -0.3 is 29.1 Å². The Bertz CT molecular complexity index is 1600. The predicted octanol–water partition coefficient (Wildman–Crippen LogP) is 4.84. The minimum Gasteiger partial charge on any atom is -0.493 e. The second kappa shape index (κ2) is 11.7. The average Bonchev–Trinajstić information content (AvgIpc) is 3.47. The third kappa shape index (κ3) is 5.25. The molecule has 0 saturated carbocycles.